The van der Waals surface area contributed by atoms with Crippen LogP contribution in [-0.4, -0.2) is 24.0 Å². The molecule has 0 aliphatic heterocycles. The second kappa shape index (κ2) is 9.54. The van der Waals surface area contributed by atoms with Crippen LogP contribution in [0, 0.1) is 13.8 Å². The molecule has 0 aliphatic carbocycles. The first kappa shape index (κ1) is 21.5. The zero-order chi connectivity index (χ0) is 21.7. The Bertz CT molecular complexity index is 1060. The highest BCUT2D eigenvalue weighted by Crippen LogP contribution is 2.32. The smallest absolute Gasteiger partial charge is 0.310 e. The van der Waals surface area contributed by atoms with Crippen molar-refractivity contribution < 1.29 is 19.1 Å². The Morgan fingerprint density at radius 2 is 1.87 bits per heavy atom. The third kappa shape index (κ3) is 4.86. The summed E-state index contributed by atoms with van der Waals surface area (Å²) < 4.78 is 10.6. The summed E-state index contributed by atoms with van der Waals surface area (Å²) in [6.07, 6.45) is 0.114. The van der Waals surface area contributed by atoms with Crippen molar-refractivity contribution in [2.45, 2.75) is 33.8 Å². The molecule has 3 aromatic rings. The first-order valence-corrected chi connectivity index (χ1v) is 10.4. The quantitative estimate of drug-likeness (QED) is 0.513. The topological polar surface area (TPSA) is 68.7 Å². The number of para-hydroxylation sites is 1. The number of anilines is 2. The molecule has 1 heterocycles. The van der Waals surface area contributed by atoms with Crippen LogP contribution in [0.1, 0.15) is 29.3 Å². The maximum atomic E-state index is 12.3. The predicted octanol–water partition coefficient (Wildman–Crippen LogP) is 4.74. The minimum Gasteiger partial charge on any atom is -0.496 e. The Balaban J connectivity index is 1.70. The molecular weight excluding hydrogens is 400 g/mol. The zero-order valence-electron chi connectivity index (χ0n) is 17.5. The first-order chi connectivity index (χ1) is 14.4. The van der Waals surface area contributed by atoms with E-state index in [-0.39, 0.29) is 24.9 Å². The molecule has 1 amide bonds. The lowest BCUT2D eigenvalue weighted by Crippen LogP contribution is -2.23. The van der Waals surface area contributed by atoms with Crippen LogP contribution in [0.4, 0.5) is 10.8 Å². The van der Waals surface area contributed by atoms with Gasteiger partial charge in [-0.05, 0) is 37.1 Å². The van der Waals surface area contributed by atoms with Gasteiger partial charge in [-0.15, -0.1) is 11.3 Å². The van der Waals surface area contributed by atoms with Gasteiger partial charge >= 0.3 is 5.97 Å². The van der Waals surface area contributed by atoms with Crippen LogP contribution in [-0.2, 0) is 27.4 Å². The van der Waals surface area contributed by atoms with Gasteiger partial charge in [-0.1, -0.05) is 30.3 Å². The molecule has 0 unspecified atom stereocenters. The van der Waals surface area contributed by atoms with Gasteiger partial charge in [-0.25, -0.2) is 4.98 Å². The zero-order valence-corrected chi connectivity index (χ0v) is 18.3. The monoisotopic (exact) mass is 424 g/mol. The van der Waals surface area contributed by atoms with Crippen molar-refractivity contribution in [3.05, 3.63) is 70.2 Å². The van der Waals surface area contributed by atoms with E-state index in [1.807, 2.05) is 50.2 Å². The molecule has 0 radical (unpaired) electrons. The largest absolute Gasteiger partial charge is 0.496 e. The second-order valence-corrected chi connectivity index (χ2v) is 7.68. The second-order valence-electron chi connectivity index (χ2n) is 6.84. The Labute approximate surface area is 180 Å². The molecule has 0 bridgehead atoms. The van der Waals surface area contributed by atoms with Gasteiger partial charge in [-0.2, -0.15) is 0 Å². The van der Waals surface area contributed by atoms with E-state index < -0.39 is 0 Å². The number of carbonyl (C=O) groups excluding carboxylic acids is 2. The van der Waals surface area contributed by atoms with Gasteiger partial charge in [0.15, 0.2) is 5.13 Å². The van der Waals surface area contributed by atoms with Gasteiger partial charge in [-0.3, -0.25) is 14.5 Å². The van der Waals surface area contributed by atoms with Gasteiger partial charge in [0.2, 0.25) is 5.91 Å². The molecule has 30 heavy (non-hydrogen) atoms. The van der Waals surface area contributed by atoms with Crippen molar-refractivity contribution in [2.24, 2.45) is 0 Å². The van der Waals surface area contributed by atoms with Gasteiger partial charge in [0.25, 0.3) is 0 Å². The van der Waals surface area contributed by atoms with Crippen molar-refractivity contribution >= 4 is 34.0 Å². The fraction of sp³-hybridized carbons (Fsp3) is 0.261. The third-order valence-electron chi connectivity index (χ3n) is 4.77. The number of hydrogen-bond donors (Lipinski definition) is 0. The van der Waals surface area contributed by atoms with E-state index in [0.29, 0.717) is 16.6 Å². The van der Waals surface area contributed by atoms with Crippen molar-refractivity contribution in [1.29, 1.82) is 0 Å². The van der Waals surface area contributed by atoms with Crippen LogP contribution in [0.2, 0.25) is 0 Å². The van der Waals surface area contributed by atoms with E-state index in [2.05, 4.69) is 4.98 Å². The summed E-state index contributed by atoms with van der Waals surface area (Å²) in [5.74, 6) is 0.154. The Morgan fingerprint density at radius 1 is 1.10 bits per heavy atom. The molecule has 6 nitrogen and oxygen atoms in total. The molecule has 0 saturated carbocycles. The number of aryl methyl sites for hydroxylation is 1. The summed E-state index contributed by atoms with van der Waals surface area (Å²) in [4.78, 5) is 30.7. The van der Waals surface area contributed by atoms with Crippen LogP contribution in [0.3, 0.4) is 0 Å². The van der Waals surface area contributed by atoms with Gasteiger partial charge in [0.1, 0.15) is 12.4 Å². The van der Waals surface area contributed by atoms with E-state index >= 15 is 0 Å². The number of benzene rings is 2. The first-order valence-electron chi connectivity index (χ1n) is 9.49. The van der Waals surface area contributed by atoms with E-state index in [0.717, 1.165) is 22.4 Å². The molecule has 0 N–H and O–H groups in total. The molecule has 0 spiro atoms. The number of ether oxygens (including phenoxy) is 2. The number of rotatable bonds is 7. The molecule has 1 aromatic heterocycles. The number of nitrogens with zero attached hydrogens (tertiary/aromatic N) is 2. The Morgan fingerprint density at radius 3 is 2.60 bits per heavy atom. The van der Waals surface area contributed by atoms with E-state index in [9.17, 15) is 9.59 Å². The van der Waals surface area contributed by atoms with Crippen LogP contribution < -0.4 is 9.64 Å². The number of esters is 1. The highest BCUT2D eigenvalue weighted by molar-refractivity contribution is 7.14. The molecule has 156 valence electrons. The van der Waals surface area contributed by atoms with Crippen LogP contribution in [0.5, 0.6) is 5.75 Å². The number of amides is 1. The van der Waals surface area contributed by atoms with Gasteiger partial charge in [0, 0.05) is 17.9 Å². The maximum absolute atomic E-state index is 12.3. The van der Waals surface area contributed by atoms with E-state index in [1.54, 1.807) is 23.5 Å². The summed E-state index contributed by atoms with van der Waals surface area (Å²) in [7, 11) is 1.57. The predicted molar refractivity (Wildman–Crippen MR) is 117 cm³/mol. The number of methoxy groups -OCH3 is 1. The SMILES string of the molecule is COc1ccccc1CC(=O)OCc1csc(N(C(C)=O)c2cccc(C)c2C)n1. The lowest BCUT2D eigenvalue weighted by Gasteiger charge is -2.21. The maximum Gasteiger partial charge on any atom is 0.310 e. The average Bonchev–Trinajstić information content (AvgIpc) is 3.18. The van der Waals surface area contributed by atoms with E-state index in [1.165, 1.54) is 18.3 Å². The van der Waals surface area contributed by atoms with Crippen molar-refractivity contribution in [3.63, 3.8) is 0 Å². The molecule has 0 aliphatic rings. The molecule has 3 rings (SSSR count). The van der Waals surface area contributed by atoms with Crippen molar-refractivity contribution in [3.8, 4) is 5.75 Å². The third-order valence-corrected chi connectivity index (χ3v) is 5.65. The van der Waals surface area contributed by atoms with E-state index in [4.69, 9.17) is 9.47 Å². The Kier molecular flexibility index (Phi) is 6.84. The number of thiazole rings is 1. The molecule has 0 atom stereocenters. The number of aromatic nitrogens is 1. The van der Waals surface area contributed by atoms with Crippen LogP contribution in [0.25, 0.3) is 0 Å². The summed E-state index contributed by atoms with van der Waals surface area (Å²) in [6.45, 7) is 5.54. The number of hydrogen-bond acceptors (Lipinski definition) is 6. The van der Waals surface area contributed by atoms with Crippen molar-refractivity contribution in [1.82, 2.24) is 4.98 Å². The lowest BCUT2D eigenvalue weighted by atomic mass is 10.1. The normalized spacial score (nSPS) is 10.5. The molecule has 7 heteroatoms. The summed E-state index contributed by atoms with van der Waals surface area (Å²) in [5, 5.41) is 2.35. The summed E-state index contributed by atoms with van der Waals surface area (Å²) in [6, 6.07) is 13.2. The van der Waals surface area contributed by atoms with Crippen LogP contribution >= 0.6 is 11.3 Å². The standard InChI is InChI=1S/C23H24N2O4S/c1-15-8-7-10-20(16(15)2)25(17(3)26)23-24-19(14-30-23)13-29-22(27)12-18-9-5-6-11-21(18)28-4/h5-11,14H,12-13H2,1-4H3. The molecule has 0 saturated heterocycles. The average molecular weight is 425 g/mol. The Hall–Kier alpha value is -3.19. The molecule has 0 fully saturated rings. The number of carbonyl (C=O) groups is 2. The minimum atomic E-state index is -0.369. The minimum absolute atomic E-state index is 0.0447. The molecular formula is C23H24N2O4S. The fourth-order valence-corrected chi connectivity index (χ4v) is 3.92. The summed E-state index contributed by atoms with van der Waals surface area (Å²) >= 11 is 1.34. The molecule has 2 aromatic carbocycles. The van der Waals surface area contributed by atoms with Crippen molar-refractivity contribution in [2.75, 3.05) is 12.0 Å². The highest BCUT2D eigenvalue weighted by atomic mass is 32.1. The lowest BCUT2D eigenvalue weighted by molar-refractivity contribution is -0.144. The van der Waals surface area contributed by atoms with Gasteiger partial charge < -0.3 is 9.47 Å². The summed E-state index contributed by atoms with van der Waals surface area (Å²) in [5.41, 5.74) is 4.28. The van der Waals surface area contributed by atoms with Gasteiger partial charge in [0.05, 0.1) is 24.9 Å². The fourth-order valence-electron chi connectivity index (χ4n) is 3.06. The highest BCUT2D eigenvalue weighted by Gasteiger charge is 2.20. The van der Waals surface area contributed by atoms with Crippen LogP contribution in [0.15, 0.2) is 47.8 Å².